The number of hydrogen-bond donors (Lipinski definition) is 3. The van der Waals surface area contributed by atoms with Crippen LogP contribution in [0.2, 0.25) is 0 Å². The zero-order chi connectivity index (χ0) is 38.7. The molecule has 20 heteroatoms. The second kappa shape index (κ2) is 20.7. The van der Waals surface area contributed by atoms with Crippen LogP contribution in [0.15, 0.2) is 0 Å². The summed E-state index contributed by atoms with van der Waals surface area (Å²) in [4.78, 5) is 99.5. The molecule has 0 aromatic rings. The van der Waals surface area contributed by atoms with Crippen molar-refractivity contribution in [3.8, 4) is 0 Å². The van der Waals surface area contributed by atoms with Gasteiger partial charge in [0.2, 0.25) is 11.8 Å². The van der Waals surface area contributed by atoms with Crippen LogP contribution >= 0.6 is 0 Å². The molecule has 53 heavy (non-hydrogen) atoms. The van der Waals surface area contributed by atoms with Gasteiger partial charge in [-0.1, -0.05) is 13.8 Å². The topological polar surface area (TPSA) is 216 Å². The van der Waals surface area contributed by atoms with Crippen LogP contribution in [0.4, 0.5) is 0 Å². The molecule has 4 heterocycles. The molecular weight excluding hydrogens is 753 g/mol. The molecule has 0 radical (unpaired) electrons. The zero-order valence-electron chi connectivity index (χ0n) is 31.1. The van der Waals surface area contributed by atoms with E-state index in [4.69, 9.17) is 10.6 Å². The van der Waals surface area contributed by atoms with E-state index in [1.165, 1.54) is 4.90 Å². The smallest absolute Gasteiger partial charge is 0.426 e. The largest absolute Gasteiger partial charge is 0.475 e. The summed E-state index contributed by atoms with van der Waals surface area (Å²) in [7, 11) is -1.66. The third-order valence-corrected chi connectivity index (χ3v) is 13.1. The molecule has 4 aliphatic heterocycles. The van der Waals surface area contributed by atoms with Gasteiger partial charge in [0, 0.05) is 18.9 Å². The van der Waals surface area contributed by atoms with Gasteiger partial charge in [-0.05, 0) is 25.7 Å². The molecule has 0 saturated carbocycles. The number of fused-ring (bicyclic) bond motifs is 7. The van der Waals surface area contributed by atoms with Crippen LogP contribution in [0, 0.1) is 11.8 Å². The fourth-order valence-electron chi connectivity index (χ4n) is 7.06. The third-order valence-electron chi connectivity index (χ3n) is 10.2. The standard InChI is InChI=1S/C33H57BN6O12.Ga/c1-23(2)27(32(49)35-24(3)33(50)40-9-5-8-28(40)34(51)52)18-25(41)6-4-7-26(42)19-36-10-12-37(20-29(43)44)14-16-39(22-31(47)48)17-15-38(13-11-36)21-30(45)46;/h23-24,27-28,51-52H,4-22H2,1-3H3,(H,35,49)(H,43,44)(H,45,46)(H,47,48);/q;+3/p-3/t24-,27+,28+;/m1./s1. The molecule has 0 aromatic carbocycles. The van der Waals surface area contributed by atoms with Gasteiger partial charge in [-0.25, -0.2) is 0 Å². The average Bonchev–Trinajstić information content (AvgIpc) is 3.56. The van der Waals surface area contributed by atoms with Crippen molar-refractivity contribution in [2.24, 2.45) is 11.8 Å². The van der Waals surface area contributed by atoms with Crippen LogP contribution in [-0.4, -0.2) is 197 Å². The quantitative estimate of drug-likeness (QED) is 0.162. The van der Waals surface area contributed by atoms with Crippen molar-refractivity contribution in [1.29, 1.82) is 0 Å². The molecular formula is C33H54BGaN6O12. The summed E-state index contributed by atoms with van der Waals surface area (Å²) in [6.45, 7) is 9.24. The predicted molar refractivity (Wildman–Crippen MR) is 189 cm³/mol. The van der Waals surface area contributed by atoms with Gasteiger partial charge in [0.05, 0.1) is 5.94 Å². The Kier molecular flexibility index (Phi) is 16.8. The molecule has 0 spiro atoms. The van der Waals surface area contributed by atoms with Gasteiger partial charge in [-0.3, -0.25) is 14.4 Å². The summed E-state index contributed by atoms with van der Waals surface area (Å²) >= 11 is -3.95. The van der Waals surface area contributed by atoms with Crippen molar-refractivity contribution >= 4 is 65.7 Å². The second-order valence-electron chi connectivity index (χ2n) is 14.7. The van der Waals surface area contributed by atoms with Crippen molar-refractivity contribution in [3.63, 3.8) is 0 Å². The van der Waals surface area contributed by atoms with Crippen LogP contribution < -0.4 is 5.32 Å². The maximum atomic E-state index is 13.2. The monoisotopic (exact) mass is 806 g/mol. The van der Waals surface area contributed by atoms with E-state index in [2.05, 4.69) is 5.32 Å². The van der Waals surface area contributed by atoms with Gasteiger partial charge in [0.15, 0.2) is 0 Å². The second-order valence-corrected chi connectivity index (χ2v) is 17.4. The molecule has 2 amide bonds. The number of carbonyl (C=O) groups excluding carboxylic acids is 7. The Hall–Kier alpha value is -2.85. The predicted octanol–water partition coefficient (Wildman–Crippen LogP) is -2.67. The van der Waals surface area contributed by atoms with Gasteiger partial charge in [-0.15, -0.1) is 0 Å². The molecule has 4 saturated heterocycles. The summed E-state index contributed by atoms with van der Waals surface area (Å²) in [6.07, 6.45) is 1.64. The maximum Gasteiger partial charge on any atom is 0.475 e. The number of nitrogens with zero attached hydrogens (tertiary/aromatic N) is 5. The van der Waals surface area contributed by atoms with Gasteiger partial charge >= 0.3 is 195 Å². The molecule has 3 N–H and O–H groups in total. The van der Waals surface area contributed by atoms with E-state index in [1.807, 2.05) is 33.4 Å². The molecule has 4 fully saturated rings. The van der Waals surface area contributed by atoms with Crippen LogP contribution in [0.3, 0.4) is 0 Å². The molecule has 4 rings (SSSR count). The normalized spacial score (nSPS) is 25.9. The zero-order valence-corrected chi connectivity index (χ0v) is 33.5. The van der Waals surface area contributed by atoms with Crippen LogP contribution in [-0.2, 0) is 44.1 Å². The minimum absolute atomic E-state index is 0.00896. The van der Waals surface area contributed by atoms with E-state index in [1.54, 1.807) is 6.92 Å². The van der Waals surface area contributed by atoms with E-state index < -0.39 is 72.1 Å². The molecule has 4 bridgehead atoms. The molecule has 294 valence electrons. The van der Waals surface area contributed by atoms with Gasteiger partial charge in [0.1, 0.15) is 11.8 Å². The summed E-state index contributed by atoms with van der Waals surface area (Å²) in [5.74, 6) is -4.52. The number of nitrogens with one attached hydrogen (secondary N) is 1. The van der Waals surface area contributed by atoms with Crippen molar-refractivity contribution < 1.29 is 54.2 Å². The first-order valence-electron chi connectivity index (χ1n) is 18.7. The fourth-order valence-corrected chi connectivity index (χ4v) is 9.18. The summed E-state index contributed by atoms with van der Waals surface area (Å²) in [5.41, 5.74) is 0. The van der Waals surface area contributed by atoms with Gasteiger partial charge < -0.3 is 20.3 Å². The van der Waals surface area contributed by atoms with E-state index in [-0.39, 0.29) is 62.9 Å². The van der Waals surface area contributed by atoms with E-state index in [9.17, 15) is 43.6 Å². The Labute approximate surface area is 317 Å². The molecule has 4 aliphatic rings. The molecule has 0 aromatic heterocycles. The summed E-state index contributed by atoms with van der Waals surface area (Å²) in [5, 5.41) is 22.0. The Morgan fingerprint density at radius 1 is 0.774 bits per heavy atom. The van der Waals surface area contributed by atoms with E-state index in [0.717, 1.165) is 0 Å². The first-order valence-corrected chi connectivity index (χ1v) is 21.6. The maximum absolute atomic E-state index is 13.2. The van der Waals surface area contributed by atoms with Crippen molar-refractivity contribution in [2.75, 3.05) is 85.1 Å². The average molecular weight is 807 g/mol. The van der Waals surface area contributed by atoms with Crippen molar-refractivity contribution in [3.05, 3.63) is 0 Å². The van der Waals surface area contributed by atoms with E-state index >= 15 is 0 Å². The van der Waals surface area contributed by atoms with Crippen LogP contribution in [0.5, 0.6) is 0 Å². The van der Waals surface area contributed by atoms with Crippen molar-refractivity contribution in [2.45, 2.75) is 71.3 Å². The third kappa shape index (κ3) is 13.7. The first kappa shape index (κ1) is 42.9. The van der Waals surface area contributed by atoms with Crippen molar-refractivity contribution in [1.82, 2.24) is 29.8 Å². The fraction of sp³-hybridized carbons (Fsp3) is 0.788. The van der Waals surface area contributed by atoms with Crippen LogP contribution in [0.25, 0.3) is 0 Å². The molecule has 5 atom stereocenters. The summed E-state index contributed by atoms with van der Waals surface area (Å²) in [6, 6.07) is -0.903. The number of amides is 2. The number of Topliss-reactive ketones (excluding diaryl/α,β-unsaturated/α-hetero) is 2. The number of likely N-dealkylation sites (tertiary alicyclic amines) is 1. The minimum Gasteiger partial charge on any atom is -0.426 e. The number of ketones is 2. The number of hydrogen-bond acceptors (Lipinski definition) is 16. The summed E-state index contributed by atoms with van der Waals surface area (Å²) < 4.78 is 16.1. The Bertz CT molecular complexity index is 1310. The van der Waals surface area contributed by atoms with Gasteiger partial charge in [-0.2, -0.15) is 0 Å². The van der Waals surface area contributed by atoms with Gasteiger partial charge in [0.25, 0.3) is 0 Å². The Morgan fingerprint density at radius 3 is 1.75 bits per heavy atom. The molecule has 0 aliphatic carbocycles. The SMILES string of the molecule is CC(C)[C@H](CC(=O)CCCC(=O)CN1CCN2CCN3CCN(CC1)CC(=O)[O][Ga]([O]C(=O)C2)[O]C(=O)C3)C(=O)N[C@H](C)C(=O)N1CCC[C@H]1B(O)O. The Balaban J connectivity index is 1.29. The molecule has 18 nitrogen and oxygen atoms in total. The number of carbonyl (C=O) groups is 7. The van der Waals surface area contributed by atoms with E-state index in [0.29, 0.717) is 78.2 Å². The Morgan fingerprint density at radius 2 is 1.26 bits per heavy atom. The van der Waals surface area contributed by atoms with Crippen LogP contribution in [0.1, 0.15) is 59.3 Å². The first-order chi connectivity index (χ1) is 25.2. The number of rotatable bonds is 13. The minimum atomic E-state index is -3.95. The molecule has 2 unspecified atom stereocenters.